The van der Waals surface area contributed by atoms with E-state index in [1.54, 1.807) is 50.2 Å². The molecule has 0 saturated carbocycles. The van der Waals surface area contributed by atoms with E-state index in [0.717, 1.165) is 38.2 Å². The number of rotatable bonds is 10. The highest BCUT2D eigenvalue weighted by Gasteiger charge is 2.10. The lowest BCUT2D eigenvalue weighted by atomic mass is 10.1. The van der Waals surface area contributed by atoms with Gasteiger partial charge in [0.05, 0.1) is 11.5 Å². The van der Waals surface area contributed by atoms with Crippen LogP contribution in [0.4, 0.5) is 0 Å². The number of hydrogen-bond donors (Lipinski definition) is 1. The van der Waals surface area contributed by atoms with Crippen LogP contribution in [0.2, 0.25) is 0 Å². The van der Waals surface area contributed by atoms with Gasteiger partial charge >= 0.3 is 11.9 Å². The predicted molar refractivity (Wildman–Crippen MR) is 135 cm³/mol. The number of ether oxygens (including phenoxy) is 2. The number of aliphatic carboxylic acids is 1. The number of carbonyl (C=O) groups excluding carboxylic acids is 2. The van der Waals surface area contributed by atoms with Crippen molar-refractivity contribution in [1.82, 2.24) is 0 Å². The maximum atomic E-state index is 12.2. The molecule has 186 valence electrons. The normalized spacial score (nSPS) is 9.59. The van der Waals surface area contributed by atoms with Crippen molar-refractivity contribution in [3.63, 3.8) is 0 Å². The molecule has 2 rings (SSSR count). The van der Waals surface area contributed by atoms with E-state index in [1.165, 1.54) is 5.56 Å². The van der Waals surface area contributed by atoms with Gasteiger partial charge < -0.3 is 14.6 Å². The molecule has 0 radical (unpaired) electrons. The van der Waals surface area contributed by atoms with E-state index in [-0.39, 0.29) is 24.5 Å². The summed E-state index contributed by atoms with van der Waals surface area (Å²) in [7, 11) is 0. The monoisotopic (exact) mass is 470 g/mol. The van der Waals surface area contributed by atoms with Crippen LogP contribution in [0.1, 0.15) is 75.4 Å². The Balaban J connectivity index is 0.00000164. The highest BCUT2D eigenvalue weighted by molar-refractivity contribution is 5.89. The Hall–Kier alpha value is -3.41. The van der Waals surface area contributed by atoms with Crippen LogP contribution in [-0.4, -0.2) is 23.0 Å². The van der Waals surface area contributed by atoms with Crippen LogP contribution in [0, 0.1) is 5.92 Å². The van der Waals surface area contributed by atoms with Crippen molar-refractivity contribution >= 4 is 17.9 Å². The summed E-state index contributed by atoms with van der Waals surface area (Å²) in [5.74, 6) is -1.16. The van der Waals surface area contributed by atoms with Crippen molar-refractivity contribution in [1.29, 1.82) is 0 Å². The number of carboxylic acid groups (broad SMARTS) is 1. The first kappa shape index (κ1) is 30.6. The molecule has 0 bridgehead atoms. The molecule has 6 nitrogen and oxygen atoms in total. The molecular weight excluding hydrogens is 432 g/mol. The molecule has 0 spiro atoms. The van der Waals surface area contributed by atoms with Gasteiger partial charge in [-0.1, -0.05) is 58.0 Å². The average Bonchev–Trinajstić information content (AvgIpc) is 2.82. The Labute approximate surface area is 203 Å². The van der Waals surface area contributed by atoms with Gasteiger partial charge in [-0.05, 0) is 61.1 Å². The standard InChI is InChI=1S/C24H28O4.C2H4O2.C2H6/c1-4-5-6-7-8-19-9-13-21(14-10-19)24(26)27-17-20-11-15-22(16-12-20)28-23(25)18(2)3;1-2(3)4;1-2/h4,9-16,18H,1,5-8,17H2,2-3H3;1H3,(H,3,4);1-2H3. The van der Waals surface area contributed by atoms with Gasteiger partial charge in [-0.3, -0.25) is 9.59 Å². The molecule has 6 heteroatoms. The lowest BCUT2D eigenvalue weighted by molar-refractivity contribution is -0.138. The lowest BCUT2D eigenvalue weighted by Gasteiger charge is -2.08. The first-order valence-electron chi connectivity index (χ1n) is 11.6. The molecule has 2 aromatic carbocycles. The molecule has 34 heavy (non-hydrogen) atoms. The Morgan fingerprint density at radius 1 is 0.941 bits per heavy atom. The Morgan fingerprint density at radius 3 is 1.97 bits per heavy atom. The second kappa shape index (κ2) is 18.1. The molecule has 0 saturated heterocycles. The molecule has 0 atom stereocenters. The maximum absolute atomic E-state index is 12.2. The van der Waals surface area contributed by atoms with Crippen molar-refractivity contribution in [3.05, 3.63) is 77.9 Å². The number of hydrogen-bond acceptors (Lipinski definition) is 5. The third kappa shape index (κ3) is 13.9. The zero-order chi connectivity index (χ0) is 25.9. The average molecular weight is 471 g/mol. The minimum Gasteiger partial charge on any atom is -0.481 e. The van der Waals surface area contributed by atoms with Crippen LogP contribution in [0.15, 0.2) is 61.2 Å². The van der Waals surface area contributed by atoms with E-state index in [0.29, 0.717) is 11.3 Å². The zero-order valence-corrected chi connectivity index (χ0v) is 21.0. The van der Waals surface area contributed by atoms with E-state index >= 15 is 0 Å². The number of carboxylic acids is 1. The molecule has 2 aromatic rings. The fourth-order valence-electron chi connectivity index (χ4n) is 2.55. The quantitative estimate of drug-likeness (QED) is 0.182. The Bertz CT molecular complexity index is 863. The third-order valence-corrected chi connectivity index (χ3v) is 4.30. The molecular formula is C28H38O6. The van der Waals surface area contributed by atoms with Crippen LogP contribution in [0.5, 0.6) is 5.75 Å². The topological polar surface area (TPSA) is 89.9 Å². The number of allylic oxidation sites excluding steroid dienone is 1. The maximum Gasteiger partial charge on any atom is 0.338 e. The van der Waals surface area contributed by atoms with Gasteiger partial charge in [0.15, 0.2) is 0 Å². The first-order valence-corrected chi connectivity index (χ1v) is 11.6. The summed E-state index contributed by atoms with van der Waals surface area (Å²) in [5, 5.41) is 7.42. The SMILES string of the molecule is C=CCCCCc1ccc(C(=O)OCc2ccc(OC(=O)C(C)C)cc2)cc1.CC.CC(=O)O. The molecule has 0 aliphatic rings. The number of esters is 2. The van der Waals surface area contributed by atoms with E-state index in [4.69, 9.17) is 19.4 Å². The molecule has 0 aromatic heterocycles. The second-order valence-electron chi connectivity index (χ2n) is 7.55. The van der Waals surface area contributed by atoms with Gasteiger partial charge in [0.1, 0.15) is 12.4 Å². The van der Waals surface area contributed by atoms with Gasteiger partial charge in [-0.2, -0.15) is 0 Å². The molecule has 0 aliphatic carbocycles. The summed E-state index contributed by atoms with van der Waals surface area (Å²) in [4.78, 5) is 32.8. The van der Waals surface area contributed by atoms with Crippen LogP contribution in [0.25, 0.3) is 0 Å². The first-order chi connectivity index (χ1) is 16.2. The van der Waals surface area contributed by atoms with Crippen LogP contribution in [0.3, 0.4) is 0 Å². The van der Waals surface area contributed by atoms with Crippen LogP contribution in [-0.2, 0) is 27.4 Å². The zero-order valence-electron chi connectivity index (χ0n) is 21.0. The highest BCUT2D eigenvalue weighted by atomic mass is 16.5. The summed E-state index contributed by atoms with van der Waals surface area (Å²) in [6.07, 6.45) is 6.20. The molecule has 0 aliphatic heterocycles. The van der Waals surface area contributed by atoms with E-state index < -0.39 is 5.97 Å². The van der Waals surface area contributed by atoms with Crippen molar-refractivity contribution < 1.29 is 29.0 Å². The summed E-state index contributed by atoms with van der Waals surface area (Å²) < 4.78 is 10.6. The fraction of sp³-hybridized carbons (Fsp3) is 0.393. The van der Waals surface area contributed by atoms with E-state index in [2.05, 4.69) is 6.58 Å². The number of unbranched alkanes of at least 4 members (excludes halogenated alkanes) is 2. The Kier molecular flexibility index (Phi) is 16.3. The number of carbonyl (C=O) groups is 3. The smallest absolute Gasteiger partial charge is 0.338 e. The van der Waals surface area contributed by atoms with Gasteiger partial charge in [0, 0.05) is 6.92 Å². The van der Waals surface area contributed by atoms with Crippen molar-refractivity contribution in [2.45, 2.75) is 66.9 Å². The predicted octanol–water partition coefficient (Wildman–Crippen LogP) is 6.62. The largest absolute Gasteiger partial charge is 0.481 e. The van der Waals surface area contributed by atoms with Crippen molar-refractivity contribution in [2.75, 3.05) is 0 Å². The van der Waals surface area contributed by atoms with Crippen LogP contribution >= 0.6 is 0 Å². The van der Waals surface area contributed by atoms with Crippen molar-refractivity contribution in [2.24, 2.45) is 5.92 Å². The molecule has 0 unspecified atom stereocenters. The fourth-order valence-corrected chi connectivity index (χ4v) is 2.55. The van der Waals surface area contributed by atoms with E-state index in [1.807, 2.05) is 32.1 Å². The van der Waals surface area contributed by atoms with Gasteiger partial charge in [0.2, 0.25) is 0 Å². The molecule has 0 amide bonds. The Morgan fingerprint density at radius 2 is 1.47 bits per heavy atom. The molecule has 0 fully saturated rings. The lowest BCUT2D eigenvalue weighted by Crippen LogP contribution is -2.14. The number of benzene rings is 2. The van der Waals surface area contributed by atoms with Gasteiger partial charge in [-0.15, -0.1) is 6.58 Å². The molecule has 1 N–H and O–H groups in total. The third-order valence-electron chi connectivity index (χ3n) is 4.30. The van der Waals surface area contributed by atoms with Crippen molar-refractivity contribution in [3.8, 4) is 5.75 Å². The van der Waals surface area contributed by atoms with Gasteiger partial charge in [-0.25, -0.2) is 4.79 Å². The van der Waals surface area contributed by atoms with Crippen LogP contribution < -0.4 is 4.74 Å². The molecule has 0 heterocycles. The second-order valence-corrected chi connectivity index (χ2v) is 7.55. The summed E-state index contributed by atoms with van der Waals surface area (Å²) in [6, 6.07) is 14.5. The summed E-state index contributed by atoms with van der Waals surface area (Å²) in [5.41, 5.74) is 2.58. The number of aryl methyl sites for hydroxylation is 1. The van der Waals surface area contributed by atoms with E-state index in [9.17, 15) is 9.59 Å². The minimum atomic E-state index is -0.833. The summed E-state index contributed by atoms with van der Waals surface area (Å²) in [6.45, 7) is 12.5. The highest BCUT2D eigenvalue weighted by Crippen LogP contribution is 2.16. The van der Waals surface area contributed by atoms with Gasteiger partial charge in [0.25, 0.3) is 5.97 Å². The summed E-state index contributed by atoms with van der Waals surface area (Å²) >= 11 is 0. The minimum absolute atomic E-state index is 0.167.